The van der Waals surface area contributed by atoms with Crippen molar-refractivity contribution in [2.24, 2.45) is 0 Å². The molecule has 2 saturated heterocycles. The molecule has 13 heavy (non-hydrogen) atoms. The molecular weight excluding hydrogens is 166 g/mol. The summed E-state index contributed by atoms with van der Waals surface area (Å²) in [6.07, 6.45) is 1.66. The fourth-order valence-corrected chi connectivity index (χ4v) is 2.76. The van der Waals surface area contributed by atoms with Crippen molar-refractivity contribution in [1.29, 1.82) is 0 Å². The van der Waals surface area contributed by atoms with Crippen molar-refractivity contribution in [2.45, 2.75) is 50.9 Å². The molecule has 0 aliphatic carbocycles. The van der Waals surface area contributed by atoms with Crippen LogP contribution in [0.5, 0.6) is 0 Å². The maximum absolute atomic E-state index is 9.63. The summed E-state index contributed by atoms with van der Waals surface area (Å²) in [5, 5.41) is 9.63. The van der Waals surface area contributed by atoms with Gasteiger partial charge in [0.2, 0.25) is 0 Å². The summed E-state index contributed by atoms with van der Waals surface area (Å²) in [4.78, 5) is 2.51. The molecule has 3 nitrogen and oxygen atoms in total. The van der Waals surface area contributed by atoms with Gasteiger partial charge in [-0.15, -0.1) is 0 Å². The predicted octanol–water partition coefficient (Wildman–Crippen LogP) is 0.619. The molecular formula is C10H19NO2. The highest BCUT2D eigenvalue weighted by Crippen LogP contribution is 2.29. The van der Waals surface area contributed by atoms with Crippen LogP contribution in [-0.4, -0.2) is 47.4 Å². The molecule has 2 heterocycles. The highest BCUT2D eigenvalue weighted by molar-refractivity contribution is 4.92. The van der Waals surface area contributed by atoms with E-state index in [2.05, 4.69) is 18.7 Å². The second-order valence-corrected chi connectivity index (χ2v) is 4.51. The molecule has 2 bridgehead atoms. The number of piperidine rings is 1. The Labute approximate surface area is 79.7 Å². The second-order valence-electron chi connectivity index (χ2n) is 4.51. The highest BCUT2D eigenvalue weighted by Gasteiger charge is 2.39. The van der Waals surface area contributed by atoms with Crippen LogP contribution in [0.15, 0.2) is 0 Å². The Morgan fingerprint density at radius 2 is 1.77 bits per heavy atom. The lowest BCUT2D eigenvalue weighted by molar-refractivity contribution is -0.116. The Kier molecular flexibility index (Phi) is 2.58. The predicted molar refractivity (Wildman–Crippen MR) is 50.6 cm³/mol. The minimum absolute atomic E-state index is 0.103. The molecule has 0 aromatic heterocycles. The standard InChI is InChI=1S/C10H19NO2/c1-7(2)11-8-3-10(12)4-9(11)6-13-5-8/h7-10,12H,3-6H2,1-2H3/t8-,9+,10?. The molecule has 0 radical (unpaired) electrons. The van der Waals surface area contributed by atoms with Gasteiger partial charge >= 0.3 is 0 Å². The van der Waals surface area contributed by atoms with Crippen LogP contribution in [0.4, 0.5) is 0 Å². The molecule has 2 aliphatic rings. The van der Waals surface area contributed by atoms with Gasteiger partial charge in [-0.2, -0.15) is 0 Å². The lowest BCUT2D eigenvalue weighted by Gasteiger charge is -2.49. The number of ether oxygens (including phenoxy) is 1. The summed E-state index contributed by atoms with van der Waals surface area (Å²) in [5.74, 6) is 0. The van der Waals surface area contributed by atoms with Crippen LogP contribution < -0.4 is 0 Å². The lowest BCUT2D eigenvalue weighted by Crippen LogP contribution is -2.60. The molecule has 0 saturated carbocycles. The molecule has 3 heteroatoms. The van der Waals surface area contributed by atoms with Crippen molar-refractivity contribution in [3.63, 3.8) is 0 Å². The van der Waals surface area contributed by atoms with Crippen LogP contribution in [0.3, 0.4) is 0 Å². The minimum atomic E-state index is -0.103. The van der Waals surface area contributed by atoms with Crippen molar-refractivity contribution in [2.75, 3.05) is 13.2 Å². The first-order valence-corrected chi connectivity index (χ1v) is 5.21. The minimum Gasteiger partial charge on any atom is -0.393 e. The van der Waals surface area contributed by atoms with Gasteiger partial charge in [0, 0.05) is 18.1 Å². The summed E-state index contributed by atoms with van der Waals surface area (Å²) in [6.45, 7) is 6.05. The van der Waals surface area contributed by atoms with Crippen molar-refractivity contribution >= 4 is 0 Å². The number of fused-ring (bicyclic) bond motifs is 2. The average molecular weight is 185 g/mol. The van der Waals surface area contributed by atoms with Gasteiger partial charge < -0.3 is 9.84 Å². The maximum Gasteiger partial charge on any atom is 0.0623 e. The summed E-state index contributed by atoms with van der Waals surface area (Å²) >= 11 is 0. The second kappa shape index (κ2) is 3.56. The number of morpholine rings is 1. The quantitative estimate of drug-likeness (QED) is 0.650. The fourth-order valence-electron chi connectivity index (χ4n) is 2.76. The SMILES string of the molecule is CC(C)N1[C@@H]2COC[C@H]1CC(O)C2. The molecule has 0 aromatic carbocycles. The summed E-state index contributed by atoms with van der Waals surface area (Å²) in [6, 6.07) is 1.47. The van der Waals surface area contributed by atoms with Gasteiger partial charge in [-0.1, -0.05) is 0 Å². The van der Waals surface area contributed by atoms with Crippen LogP contribution in [0.2, 0.25) is 0 Å². The smallest absolute Gasteiger partial charge is 0.0623 e. The molecule has 76 valence electrons. The molecule has 3 atom stereocenters. The fraction of sp³-hybridized carbons (Fsp3) is 1.00. The maximum atomic E-state index is 9.63. The summed E-state index contributed by atoms with van der Waals surface area (Å²) < 4.78 is 5.51. The van der Waals surface area contributed by atoms with Crippen LogP contribution in [0.1, 0.15) is 26.7 Å². The van der Waals surface area contributed by atoms with E-state index >= 15 is 0 Å². The van der Waals surface area contributed by atoms with Crippen LogP contribution in [0.25, 0.3) is 0 Å². The molecule has 2 aliphatic heterocycles. The number of nitrogens with zero attached hydrogens (tertiary/aromatic N) is 1. The number of aliphatic hydroxyl groups excluding tert-OH is 1. The van der Waals surface area contributed by atoms with E-state index < -0.39 is 0 Å². The average Bonchev–Trinajstić information content (AvgIpc) is 2.01. The van der Waals surface area contributed by atoms with Crippen molar-refractivity contribution in [1.82, 2.24) is 4.90 Å². The zero-order valence-electron chi connectivity index (χ0n) is 8.44. The molecule has 0 amide bonds. The van der Waals surface area contributed by atoms with E-state index in [-0.39, 0.29) is 6.10 Å². The molecule has 0 spiro atoms. The summed E-state index contributed by atoms with van der Waals surface area (Å²) in [7, 11) is 0. The first-order chi connectivity index (χ1) is 6.18. The number of aliphatic hydroxyl groups is 1. The van der Waals surface area contributed by atoms with Gasteiger partial charge in [-0.05, 0) is 26.7 Å². The van der Waals surface area contributed by atoms with Gasteiger partial charge in [0.1, 0.15) is 0 Å². The Morgan fingerprint density at radius 3 is 2.23 bits per heavy atom. The largest absolute Gasteiger partial charge is 0.393 e. The first kappa shape index (κ1) is 9.44. The lowest BCUT2D eigenvalue weighted by atomic mass is 9.91. The number of hydrogen-bond donors (Lipinski definition) is 1. The van der Waals surface area contributed by atoms with E-state index in [1.54, 1.807) is 0 Å². The summed E-state index contributed by atoms with van der Waals surface area (Å²) in [5.41, 5.74) is 0. The highest BCUT2D eigenvalue weighted by atomic mass is 16.5. The van der Waals surface area contributed by atoms with E-state index in [1.165, 1.54) is 0 Å². The molecule has 1 N–H and O–H groups in total. The molecule has 0 aromatic rings. The third kappa shape index (κ3) is 1.73. The van der Waals surface area contributed by atoms with Crippen LogP contribution in [0, 0.1) is 0 Å². The van der Waals surface area contributed by atoms with E-state index in [0.717, 1.165) is 26.1 Å². The Morgan fingerprint density at radius 1 is 1.23 bits per heavy atom. The monoisotopic (exact) mass is 185 g/mol. The van der Waals surface area contributed by atoms with Gasteiger partial charge in [0.25, 0.3) is 0 Å². The first-order valence-electron chi connectivity index (χ1n) is 5.21. The topological polar surface area (TPSA) is 32.7 Å². The van der Waals surface area contributed by atoms with Gasteiger partial charge in [-0.25, -0.2) is 0 Å². The van der Waals surface area contributed by atoms with Crippen molar-refractivity contribution in [3.05, 3.63) is 0 Å². The van der Waals surface area contributed by atoms with Crippen molar-refractivity contribution in [3.8, 4) is 0 Å². The molecule has 2 rings (SSSR count). The Bertz CT molecular complexity index is 170. The Hall–Kier alpha value is -0.120. The third-order valence-corrected chi connectivity index (χ3v) is 3.15. The number of rotatable bonds is 1. The normalized spacial score (nSPS) is 41.1. The van der Waals surface area contributed by atoms with E-state index in [1.807, 2.05) is 0 Å². The zero-order chi connectivity index (χ0) is 9.42. The van der Waals surface area contributed by atoms with E-state index in [4.69, 9.17) is 4.74 Å². The number of hydrogen-bond acceptors (Lipinski definition) is 3. The molecule has 1 unspecified atom stereocenters. The van der Waals surface area contributed by atoms with E-state index in [0.29, 0.717) is 18.1 Å². The van der Waals surface area contributed by atoms with Crippen LogP contribution >= 0.6 is 0 Å². The zero-order valence-corrected chi connectivity index (χ0v) is 8.44. The molecule has 2 fully saturated rings. The van der Waals surface area contributed by atoms with E-state index in [9.17, 15) is 5.11 Å². The Balaban J connectivity index is 2.10. The van der Waals surface area contributed by atoms with Gasteiger partial charge in [0.15, 0.2) is 0 Å². The van der Waals surface area contributed by atoms with Crippen molar-refractivity contribution < 1.29 is 9.84 Å². The third-order valence-electron chi connectivity index (χ3n) is 3.15. The van der Waals surface area contributed by atoms with Gasteiger partial charge in [-0.3, -0.25) is 4.90 Å². The van der Waals surface area contributed by atoms with Crippen LogP contribution in [-0.2, 0) is 4.74 Å². The van der Waals surface area contributed by atoms with Gasteiger partial charge in [0.05, 0.1) is 19.3 Å².